The molecule has 0 saturated heterocycles. The van der Waals surface area contributed by atoms with Crippen LogP contribution in [0.3, 0.4) is 0 Å². The minimum atomic E-state index is -2.87. The standard InChI is InChI=1S/C18H27F2N3O2/c1-21-18(23-14-6-4-3-5-7-14)22-11-10-13-8-9-15(24-2)16(12-13)25-17(19)20/h8-9,12,14,17H,3-7,10-11H2,1-2H3,(H2,21,22,23). The lowest BCUT2D eigenvalue weighted by Gasteiger charge is -2.24. The number of aliphatic imine (C=N–C) groups is 1. The molecule has 25 heavy (non-hydrogen) atoms. The first-order chi connectivity index (χ1) is 12.1. The Morgan fingerprint density at radius 2 is 2.00 bits per heavy atom. The molecule has 0 amide bonds. The first-order valence-electron chi connectivity index (χ1n) is 8.71. The Labute approximate surface area is 147 Å². The Morgan fingerprint density at radius 1 is 1.24 bits per heavy atom. The lowest BCUT2D eigenvalue weighted by atomic mass is 9.96. The van der Waals surface area contributed by atoms with Gasteiger partial charge in [0.15, 0.2) is 17.5 Å². The summed E-state index contributed by atoms with van der Waals surface area (Å²) in [7, 11) is 3.18. The number of guanidine groups is 1. The summed E-state index contributed by atoms with van der Waals surface area (Å²) in [5.74, 6) is 1.14. The number of benzene rings is 1. The molecule has 1 fully saturated rings. The van der Waals surface area contributed by atoms with E-state index in [0.29, 0.717) is 24.8 Å². The molecule has 0 unspecified atom stereocenters. The van der Waals surface area contributed by atoms with Gasteiger partial charge in [0.2, 0.25) is 0 Å². The van der Waals surface area contributed by atoms with Gasteiger partial charge in [0.25, 0.3) is 0 Å². The van der Waals surface area contributed by atoms with Gasteiger partial charge in [-0.15, -0.1) is 0 Å². The predicted octanol–water partition coefficient (Wildman–Crippen LogP) is 3.34. The van der Waals surface area contributed by atoms with Crippen LogP contribution < -0.4 is 20.1 Å². The molecule has 0 bridgehead atoms. The molecule has 0 radical (unpaired) electrons. The van der Waals surface area contributed by atoms with Gasteiger partial charge < -0.3 is 20.1 Å². The molecule has 1 aliphatic carbocycles. The highest BCUT2D eigenvalue weighted by Gasteiger charge is 2.14. The molecule has 0 spiro atoms. The van der Waals surface area contributed by atoms with Gasteiger partial charge in [-0.1, -0.05) is 25.3 Å². The molecule has 140 valence electrons. The van der Waals surface area contributed by atoms with Crippen molar-refractivity contribution < 1.29 is 18.3 Å². The Kier molecular flexibility index (Phi) is 7.76. The first kappa shape index (κ1) is 19.3. The van der Waals surface area contributed by atoms with Gasteiger partial charge >= 0.3 is 6.61 Å². The molecule has 0 aliphatic heterocycles. The van der Waals surface area contributed by atoms with Gasteiger partial charge in [0.1, 0.15) is 0 Å². The Bertz CT molecular complexity index is 561. The van der Waals surface area contributed by atoms with E-state index in [-0.39, 0.29) is 5.75 Å². The third kappa shape index (κ3) is 6.40. The summed E-state index contributed by atoms with van der Waals surface area (Å²) in [6, 6.07) is 5.55. The van der Waals surface area contributed by atoms with Gasteiger partial charge in [-0.2, -0.15) is 8.78 Å². The summed E-state index contributed by atoms with van der Waals surface area (Å²) in [6.45, 7) is -2.23. The van der Waals surface area contributed by atoms with Crippen LogP contribution in [0.5, 0.6) is 11.5 Å². The van der Waals surface area contributed by atoms with Crippen LogP contribution in [0.1, 0.15) is 37.7 Å². The summed E-state index contributed by atoms with van der Waals surface area (Å²) in [5, 5.41) is 6.72. The zero-order valence-electron chi connectivity index (χ0n) is 14.9. The molecule has 0 atom stereocenters. The monoisotopic (exact) mass is 355 g/mol. The molecular weight excluding hydrogens is 328 g/mol. The van der Waals surface area contributed by atoms with E-state index in [1.807, 2.05) is 6.07 Å². The minimum absolute atomic E-state index is 0.0553. The third-order valence-corrected chi connectivity index (χ3v) is 4.32. The second kappa shape index (κ2) is 10.1. The van der Waals surface area contributed by atoms with Crippen LogP contribution in [0.2, 0.25) is 0 Å². The lowest BCUT2D eigenvalue weighted by Crippen LogP contribution is -2.44. The largest absolute Gasteiger partial charge is 0.493 e. The number of nitrogens with one attached hydrogen (secondary N) is 2. The lowest BCUT2D eigenvalue weighted by molar-refractivity contribution is -0.0512. The Balaban J connectivity index is 1.85. The highest BCUT2D eigenvalue weighted by molar-refractivity contribution is 5.79. The van der Waals surface area contributed by atoms with Gasteiger partial charge in [-0.05, 0) is 37.0 Å². The average Bonchev–Trinajstić information content (AvgIpc) is 2.61. The summed E-state index contributed by atoms with van der Waals surface area (Å²) in [4.78, 5) is 4.25. The van der Waals surface area contributed by atoms with Crippen LogP contribution in [-0.4, -0.2) is 39.3 Å². The summed E-state index contributed by atoms with van der Waals surface area (Å²) in [6.07, 6.45) is 6.83. The molecule has 0 aromatic heterocycles. The first-order valence-corrected chi connectivity index (χ1v) is 8.71. The van der Waals surface area contributed by atoms with Crippen molar-refractivity contribution in [2.75, 3.05) is 20.7 Å². The average molecular weight is 355 g/mol. The fraction of sp³-hybridized carbons (Fsp3) is 0.611. The van der Waals surface area contributed by atoms with Crippen molar-refractivity contribution in [3.05, 3.63) is 23.8 Å². The van der Waals surface area contributed by atoms with Crippen molar-refractivity contribution in [1.82, 2.24) is 10.6 Å². The van der Waals surface area contributed by atoms with E-state index in [1.54, 1.807) is 19.2 Å². The van der Waals surface area contributed by atoms with Gasteiger partial charge in [0.05, 0.1) is 7.11 Å². The molecule has 1 saturated carbocycles. The van der Waals surface area contributed by atoms with E-state index >= 15 is 0 Å². The number of halogens is 2. The Morgan fingerprint density at radius 3 is 2.64 bits per heavy atom. The normalized spacial score (nSPS) is 16.0. The maximum Gasteiger partial charge on any atom is 0.387 e. The van der Waals surface area contributed by atoms with Gasteiger partial charge in [-0.3, -0.25) is 4.99 Å². The summed E-state index contributed by atoms with van der Waals surface area (Å²) < 4.78 is 34.5. The van der Waals surface area contributed by atoms with Crippen LogP contribution in [0, 0.1) is 0 Å². The van der Waals surface area contributed by atoms with Crippen molar-refractivity contribution in [2.24, 2.45) is 4.99 Å². The molecule has 1 aliphatic rings. The van der Waals surface area contributed by atoms with Crippen LogP contribution >= 0.6 is 0 Å². The zero-order chi connectivity index (χ0) is 18.1. The highest BCUT2D eigenvalue weighted by Crippen LogP contribution is 2.29. The topological polar surface area (TPSA) is 54.9 Å². The van der Waals surface area contributed by atoms with Crippen LogP contribution in [-0.2, 0) is 6.42 Å². The number of nitrogens with zero attached hydrogens (tertiary/aromatic N) is 1. The van der Waals surface area contributed by atoms with Crippen molar-refractivity contribution >= 4 is 5.96 Å². The fourth-order valence-corrected chi connectivity index (χ4v) is 3.02. The number of ether oxygens (including phenoxy) is 2. The number of hydrogen-bond donors (Lipinski definition) is 2. The second-order valence-electron chi connectivity index (χ2n) is 6.09. The van der Waals surface area contributed by atoms with E-state index in [9.17, 15) is 8.78 Å². The van der Waals surface area contributed by atoms with Gasteiger partial charge in [-0.25, -0.2) is 0 Å². The third-order valence-electron chi connectivity index (χ3n) is 4.32. The quantitative estimate of drug-likeness (QED) is 0.582. The maximum atomic E-state index is 12.5. The Hall–Kier alpha value is -2.05. The van der Waals surface area contributed by atoms with E-state index < -0.39 is 6.61 Å². The van der Waals surface area contributed by atoms with Crippen LogP contribution in [0.25, 0.3) is 0 Å². The second-order valence-corrected chi connectivity index (χ2v) is 6.09. The summed E-state index contributed by atoms with van der Waals surface area (Å²) in [5.41, 5.74) is 0.886. The molecule has 1 aromatic rings. The van der Waals surface area contributed by atoms with E-state index in [2.05, 4.69) is 20.4 Å². The highest BCUT2D eigenvalue weighted by atomic mass is 19.3. The van der Waals surface area contributed by atoms with E-state index in [0.717, 1.165) is 11.5 Å². The number of methoxy groups -OCH3 is 1. The van der Waals surface area contributed by atoms with Crippen molar-refractivity contribution in [3.8, 4) is 11.5 Å². The molecule has 5 nitrogen and oxygen atoms in total. The number of hydrogen-bond acceptors (Lipinski definition) is 3. The SMILES string of the molecule is CN=C(NCCc1ccc(OC)c(OC(F)F)c1)NC1CCCCC1. The smallest absolute Gasteiger partial charge is 0.387 e. The van der Waals surface area contributed by atoms with Crippen molar-refractivity contribution in [1.29, 1.82) is 0 Å². The molecule has 7 heteroatoms. The van der Waals surface area contributed by atoms with Crippen molar-refractivity contribution in [3.63, 3.8) is 0 Å². The molecule has 2 rings (SSSR count). The molecule has 1 aromatic carbocycles. The van der Waals surface area contributed by atoms with Gasteiger partial charge in [0, 0.05) is 19.6 Å². The van der Waals surface area contributed by atoms with E-state index in [4.69, 9.17) is 4.74 Å². The van der Waals surface area contributed by atoms with Crippen molar-refractivity contribution in [2.45, 2.75) is 51.2 Å². The van der Waals surface area contributed by atoms with Crippen LogP contribution in [0.15, 0.2) is 23.2 Å². The van der Waals surface area contributed by atoms with E-state index in [1.165, 1.54) is 39.2 Å². The predicted molar refractivity (Wildman–Crippen MR) is 94.7 cm³/mol. The van der Waals surface area contributed by atoms with Crippen LogP contribution in [0.4, 0.5) is 8.78 Å². The minimum Gasteiger partial charge on any atom is -0.493 e. The number of alkyl halides is 2. The molecule has 0 heterocycles. The molecular formula is C18H27F2N3O2. The summed E-state index contributed by atoms with van der Waals surface area (Å²) >= 11 is 0. The molecule has 2 N–H and O–H groups in total. The zero-order valence-corrected chi connectivity index (χ0v) is 14.9. The maximum absolute atomic E-state index is 12.5. The number of rotatable bonds is 7. The fourth-order valence-electron chi connectivity index (χ4n) is 3.02.